The van der Waals surface area contributed by atoms with Gasteiger partial charge in [0.25, 0.3) is 5.78 Å². The Morgan fingerprint density at radius 1 is 1.00 bits per heavy atom. The summed E-state index contributed by atoms with van der Waals surface area (Å²) < 4.78 is 1.63. The standard InChI is InChI=1S/C15H12N8/c1-10-13(21-22-15-17-9-18-23(10)15)12-7-8-16-14(20-12)19-11-5-3-2-4-6-11/h2-9H,1H3,(H,16,19,20). The van der Waals surface area contributed by atoms with Gasteiger partial charge in [-0.2, -0.15) is 14.6 Å². The van der Waals surface area contributed by atoms with Gasteiger partial charge in [-0.15, -0.1) is 10.2 Å². The van der Waals surface area contributed by atoms with Crippen LogP contribution in [-0.4, -0.2) is 34.8 Å². The summed E-state index contributed by atoms with van der Waals surface area (Å²) in [5.41, 5.74) is 3.04. The Hall–Kier alpha value is -3.42. The lowest BCUT2D eigenvalue weighted by Gasteiger charge is -2.07. The first-order valence-electron chi connectivity index (χ1n) is 7.00. The summed E-state index contributed by atoms with van der Waals surface area (Å²) in [4.78, 5) is 12.8. The van der Waals surface area contributed by atoms with Crippen LogP contribution in [0.4, 0.5) is 11.6 Å². The second-order valence-electron chi connectivity index (χ2n) is 4.86. The molecule has 0 bridgehead atoms. The zero-order valence-electron chi connectivity index (χ0n) is 12.2. The van der Waals surface area contributed by atoms with Crippen molar-refractivity contribution in [3.63, 3.8) is 0 Å². The van der Waals surface area contributed by atoms with Gasteiger partial charge in [-0.3, -0.25) is 0 Å². The van der Waals surface area contributed by atoms with Crippen LogP contribution in [0.2, 0.25) is 0 Å². The monoisotopic (exact) mass is 304 g/mol. The van der Waals surface area contributed by atoms with Crippen LogP contribution in [0.3, 0.4) is 0 Å². The summed E-state index contributed by atoms with van der Waals surface area (Å²) in [6, 6.07) is 11.5. The third kappa shape index (κ3) is 2.46. The van der Waals surface area contributed by atoms with Crippen LogP contribution in [0.15, 0.2) is 48.9 Å². The number of nitrogens with one attached hydrogen (secondary N) is 1. The SMILES string of the molecule is Cc1c(-c2ccnc(Nc3ccccc3)n2)nnc2ncnn12. The van der Waals surface area contributed by atoms with Gasteiger partial charge in [-0.1, -0.05) is 18.2 Å². The van der Waals surface area contributed by atoms with Crippen molar-refractivity contribution >= 4 is 17.4 Å². The van der Waals surface area contributed by atoms with Crippen LogP contribution in [0.5, 0.6) is 0 Å². The predicted molar refractivity (Wildman–Crippen MR) is 84.1 cm³/mol. The van der Waals surface area contributed by atoms with E-state index in [1.54, 1.807) is 16.8 Å². The van der Waals surface area contributed by atoms with Crippen LogP contribution in [-0.2, 0) is 0 Å². The fraction of sp³-hybridized carbons (Fsp3) is 0.0667. The number of fused-ring (bicyclic) bond motifs is 1. The fourth-order valence-corrected chi connectivity index (χ4v) is 2.25. The van der Waals surface area contributed by atoms with E-state index in [9.17, 15) is 0 Å². The number of nitrogens with zero attached hydrogens (tertiary/aromatic N) is 7. The van der Waals surface area contributed by atoms with Gasteiger partial charge >= 0.3 is 0 Å². The van der Waals surface area contributed by atoms with Crippen molar-refractivity contribution in [3.8, 4) is 11.4 Å². The molecular formula is C15H12N8. The molecule has 0 aliphatic heterocycles. The maximum atomic E-state index is 4.50. The van der Waals surface area contributed by atoms with Crippen LogP contribution >= 0.6 is 0 Å². The lowest BCUT2D eigenvalue weighted by atomic mass is 10.2. The molecule has 0 saturated carbocycles. The first-order chi connectivity index (χ1) is 11.3. The van der Waals surface area contributed by atoms with Crippen LogP contribution < -0.4 is 5.32 Å². The van der Waals surface area contributed by atoms with Crippen molar-refractivity contribution < 1.29 is 0 Å². The van der Waals surface area contributed by atoms with Gasteiger partial charge in [0.15, 0.2) is 0 Å². The highest BCUT2D eigenvalue weighted by atomic mass is 15.4. The zero-order chi connectivity index (χ0) is 15.6. The molecule has 112 valence electrons. The quantitative estimate of drug-likeness (QED) is 0.619. The average Bonchev–Trinajstić information content (AvgIpc) is 3.06. The predicted octanol–water partition coefficient (Wildman–Crippen LogP) is 2.03. The molecule has 0 radical (unpaired) electrons. The summed E-state index contributed by atoms with van der Waals surface area (Å²) >= 11 is 0. The van der Waals surface area contributed by atoms with Gasteiger partial charge in [0.1, 0.15) is 12.0 Å². The molecule has 0 fully saturated rings. The lowest BCUT2D eigenvalue weighted by Crippen LogP contribution is -2.05. The van der Waals surface area contributed by atoms with Gasteiger partial charge in [0.05, 0.1) is 11.4 Å². The average molecular weight is 304 g/mol. The molecule has 0 atom stereocenters. The van der Waals surface area contributed by atoms with Crippen LogP contribution in [0.25, 0.3) is 17.2 Å². The number of aromatic nitrogens is 7. The summed E-state index contributed by atoms with van der Waals surface area (Å²) in [5, 5.41) is 15.6. The second-order valence-corrected chi connectivity index (χ2v) is 4.86. The van der Waals surface area contributed by atoms with Gasteiger partial charge < -0.3 is 5.32 Å². The number of aryl methyl sites for hydroxylation is 1. The molecule has 8 heteroatoms. The lowest BCUT2D eigenvalue weighted by molar-refractivity contribution is 0.850. The Morgan fingerprint density at radius 3 is 2.74 bits per heavy atom. The third-order valence-corrected chi connectivity index (χ3v) is 3.36. The Morgan fingerprint density at radius 2 is 1.87 bits per heavy atom. The van der Waals surface area contributed by atoms with Crippen molar-refractivity contribution in [1.82, 2.24) is 34.8 Å². The Labute approximate surface area is 131 Å². The molecule has 0 amide bonds. The van der Waals surface area contributed by atoms with E-state index in [1.165, 1.54) is 6.33 Å². The fourth-order valence-electron chi connectivity index (χ4n) is 2.25. The van der Waals surface area contributed by atoms with Crippen LogP contribution in [0, 0.1) is 6.92 Å². The molecule has 0 aliphatic carbocycles. The normalized spacial score (nSPS) is 10.8. The largest absolute Gasteiger partial charge is 0.324 e. The van der Waals surface area contributed by atoms with E-state index >= 15 is 0 Å². The molecule has 0 unspecified atom stereocenters. The topological polar surface area (TPSA) is 93.8 Å². The molecule has 0 saturated heterocycles. The van der Waals surface area contributed by atoms with E-state index in [0.717, 1.165) is 11.4 Å². The molecule has 1 N–H and O–H groups in total. The maximum Gasteiger partial charge on any atom is 0.271 e. The van der Waals surface area contributed by atoms with E-state index in [1.807, 2.05) is 37.3 Å². The second kappa shape index (κ2) is 5.41. The maximum absolute atomic E-state index is 4.50. The van der Waals surface area contributed by atoms with E-state index in [-0.39, 0.29) is 0 Å². The first-order valence-corrected chi connectivity index (χ1v) is 7.00. The van der Waals surface area contributed by atoms with Crippen molar-refractivity contribution in [2.75, 3.05) is 5.32 Å². The molecule has 3 heterocycles. The molecule has 0 aliphatic rings. The number of hydrogen-bond acceptors (Lipinski definition) is 7. The molecule has 3 aromatic heterocycles. The van der Waals surface area contributed by atoms with E-state index < -0.39 is 0 Å². The van der Waals surface area contributed by atoms with E-state index in [0.29, 0.717) is 23.1 Å². The number of benzene rings is 1. The summed E-state index contributed by atoms with van der Waals surface area (Å²) in [7, 11) is 0. The van der Waals surface area contributed by atoms with Crippen molar-refractivity contribution in [2.24, 2.45) is 0 Å². The van der Waals surface area contributed by atoms with Crippen molar-refractivity contribution in [1.29, 1.82) is 0 Å². The van der Waals surface area contributed by atoms with Gasteiger partial charge in [-0.05, 0) is 25.1 Å². The summed E-state index contributed by atoms with van der Waals surface area (Å²) in [6.07, 6.45) is 3.13. The third-order valence-electron chi connectivity index (χ3n) is 3.36. The van der Waals surface area contributed by atoms with E-state index in [4.69, 9.17) is 0 Å². The zero-order valence-corrected chi connectivity index (χ0v) is 12.2. The Kier molecular flexibility index (Phi) is 3.12. The number of para-hydroxylation sites is 1. The molecule has 8 nitrogen and oxygen atoms in total. The minimum Gasteiger partial charge on any atom is -0.324 e. The van der Waals surface area contributed by atoms with Gasteiger partial charge in [-0.25, -0.2) is 9.97 Å². The van der Waals surface area contributed by atoms with Crippen LogP contribution in [0.1, 0.15) is 5.69 Å². The molecule has 23 heavy (non-hydrogen) atoms. The highest BCUT2D eigenvalue weighted by Gasteiger charge is 2.12. The first kappa shape index (κ1) is 13.3. The Balaban J connectivity index is 1.74. The number of anilines is 2. The van der Waals surface area contributed by atoms with Crippen molar-refractivity contribution in [3.05, 3.63) is 54.6 Å². The van der Waals surface area contributed by atoms with Gasteiger partial charge in [0.2, 0.25) is 5.95 Å². The van der Waals surface area contributed by atoms with E-state index in [2.05, 4.69) is 35.6 Å². The smallest absolute Gasteiger partial charge is 0.271 e. The highest BCUT2D eigenvalue weighted by molar-refractivity contribution is 5.60. The Bertz CT molecular complexity index is 964. The molecule has 0 spiro atoms. The molecule has 4 rings (SSSR count). The minimum atomic E-state index is 0.461. The van der Waals surface area contributed by atoms with Crippen molar-refractivity contribution in [2.45, 2.75) is 6.92 Å². The summed E-state index contributed by atoms with van der Waals surface area (Å²) in [6.45, 7) is 1.90. The number of rotatable bonds is 3. The number of hydrogen-bond donors (Lipinski definition) is 1. The van der Waals surface area contributed by atoms with Gasteiger partial charge in [0, 0.05) is 11.9 Å². The molecule has 1 aromatic carbocycles. The molecular weight excluding hydrogens is 292 g/mol. The minimum absolute atomic E-state index is 0.461. The highest BCUT2D eigenvalue weighted by Crippen LogP contribution is 2.20. The summed E-state index contributed by atoms with van der Waals surface area (Å²) in [5.74, 6) is 0.955. The molecule has 4 aromatic rings.